The molecule has 0 spiro atoms. The van der Waals surface area contributed by atoms with E-state index in [1.54, 1.807) is 0 Å². The Morgan fingerprint density at radius 1 is 1.19 bits per heavy atom. The van der Waals surface area contributed by atoms with Crippen LogP contribution < -0.4 is 10.2 Å². The maximum absolute atomic E-state index is 12.3. The largest absolute Gasteiger partial charge is 0.378 e. The molecule has 1 aliphatic heterocycles. The Labute approximate surface area is 159 Å². The predicted molar refractivity (Wildman–Crippen MR) is 106 cm³/mol. The minimum Gasteiger partial charge on any atom is -0.378 e. The third kappa shape index (κ3) is 5.46. The van der Waals surface area contributed by atoms with Crippen molar-refractivity contribution in [3.8, 4) is 0 Å². The fourth-order valence-corrected chi connectivity index (χ4v) is 3.24. The normalized spacial score (nSPS) is 14.5. The van der Waals surface area contributed by atoms with Gasteiger partial charge >= 0.3 is 0 Å². The average Bonchev–Trinajstić information content (AvgIpc) is 2.63. The molecule has 1 amide bonds. The molecule has 6 heteroatoms. The van der Waals surface area contributed by atoms with E-state index in [4.69, 9.17) is 16.3 Å². The fourth-order valence-electron chi connectivity index (χ4n) is 3.03. The number of nitrogens with one attached hydrogen (secondary N) is 1. The van der Waals surface area contributed by atoms with Crippen molar-refractivity contribution in [1.29, 1.82) is 0 Å². The van der Waals surface area contributed by atoms with Crippen LogP contribution in [0.5, 0.6) is 0 Å². The summed E-state index contributed by atoms with van der Waals surface area (Å²) in [6, 6.07) is 15.7. The SMILES string of the molecule is CN(CC(=O)Nc1ccc(N2CCOCC2)cc1)Cc1cccc(Cl)c1. The van der Waals surface area contributed by atoms with Gasteiger partial charge in [0.05, 0.1) is 19.8 Å². The number of benzene rings is 2. The summed E-state index contributed by atoms with van der Waals surface area (Å²) in [4.78, 5) is 16.5. The molecule has 138 valence electrons. The van der Waals surface area contributed by atoms with Gasteiger partial charge in [-0.3, -0.25) is 9.69 Å². The van der Waals surface area contributed by atoms with Crippen molar-refractivity contribution in [2.75, 3.05) is 50.1 Å². The van der Waals surface area contributed by atoms with Gasteiger partial charge in [-0.15, -0.1) is 0 Å². The maximum Gasteiger partial charge on any atom is 0.238 e. The molecule has 0 bridgehead atoms. The van der Waals surface area contributed by atoms with Crippen molar-refractivity contribution in [2.24, 2.45) is 0 Å². The van der Waals surface area contributed by atoms with E-state index in [0.717, 1.165) is 43.2 Å². The molecule has 0 aliphatic carbocycles. The molecule has 0 aromatic heterocycles. The highest BCUT2D eigenvalue weighted by atomic mass is 35.5. The monoisotopic (exact) mass is 373 g/mol. The predicted octanol–water partition coefficient (Wildman–Crippen LogP) is 3.25. The van der Waals surface area contributed by atoms with Crippen LogP contribution in [-0.2, 0) is 16.1 Å². The Balaban J connectivity index is 1.49. The van der Waals surface area contributed by atoms with Crippen LogP contribution in [0.3, 0.4) is 0 Å². The summed E-state index contributed by atoms with van der Waals surface area (Å²) in [6.07, 6.45) is 0. The topological polar surface area (TPSA) is 44.8 Å². The number of rotatable bonds is 6. The van der Waals surface area contributed by atoms with Crippen molar-refractivity contribution in [3.63, 3.8) is 0 Å². The van der Waals surface area contributed by atoms with Gasteiger partial charge in [0.1, 0.15) is 0 Å². The van der Waals surface area contributed by atoms with Gasteiger partial charge in [-0.05, 0) is 49.0 Å². The Morgan fingerprint density at radius 3 is 2.62 bits per heavy atom. The van der Waals surface area contributed by atoms with Crippen LogP contribution in [0, 0.1) is 0 Å². The van der Waals surface area contributed by atoms with Crippen molar-refractivity contribution < 1.29 is 9.53 Å². The first-order valence-corrected chi connectivity index (χ1v) is 9.13. The smallest absolute Gasteiger partial charge is 0.238 e. The summed E-state index contributed by atoms with van der Waals surface area (Å²) >= 11 is 6.00. The molecule has 2 aromatic carbocycles. The fraction of sp³-hybridized carbons (Fsp3) is 0.350. The number of amides is 1. The van der Waals surface area contributed by atoms with Crippen LogP contribution in [0.1, 0.15) is 5.56 Å². The maximum atomic E-state index is 12.3. The summed E-state index contributed by atoms with van der Waals surface area (Å²) < 4.78 is 5.37. The quantitative estimate of drug-likeness (QED) is 0.844. The Morgan fingerprint density at radius 2 is 1.92 bits per heavy atom. The number of nitrogens with zero attached hydrogens (tertiary/aromatic N) is 2. The first-order valence-electron chi connectivity index (χ1n) is 8.76. The molecular weight excluding hydrogens is 350 g/mol. The van der Waals surface area contributed by atoms with Gasteiger partial charge < -0.3 is 15.0 Å². The lowest BCUT2D eigenvalue weighted by Gasteiger charge is -2.28. The molecule has 1 aliphatic rings. The van der Waals surface area contributed by atoms with Crippen molar-refractivity contribution in [2.45, 2.75) is 6.54 Å². The van der Waals surface area contributed by atoms with Gasteiger partial charge in [0.25, 0.3) is 0 Å². The molecule has 1 fully saturated rings. The number of hydrogen-bond acceptors (Lipinski definition) is 4. The number of hydrogen-bond donors (Lipinski definition) is 1. The van der Waals surface area contributed by atoms with E-state index in [0.29, 0.717) is 18.1 Å². The van der Waals surface area contributed by atoms with E-state index >= 15 is 0 Å². The first kappa shape index (κ1) is 18.7. The van der Waals surface area contributed by atoms with E-state index in [2.05, 4.69) is 10.2 Å². The third-order valence-electron chi connectivity index (χ3n) is 4.28. The highest BCUT2D eigenvalue weighted by molar-refractivity contribution is 6.30. The molecule has 2 aromatic rings. The van der Waals surface area contributed by atoms with E-state index < -0.39 is 0 Å². The lowest BCUT2D eigenvalue weighted by atomic mass is 10.2. The Kier molecular flexibility index (Phi) is 6.50. The number of carbonyl (C=O) groups excluding carboxylic acids is 1. The van der Waals surface area contributed by atoms with E-state index in [1.165, 1.54) is 0 Å². The molecule has 0 unspecified atom stereocenters. The zero-order valence-electron chi connectivity index (χ0n) is 15.0. The Hall–Kier alpha value is -2.08. The summed E-state index contributed by atoms with van der Waals surface area (Å²) in [7, 11) is 1.92. The van der Waals surface area contributed by atoms with E-state index in [9.17, 15) is 4.79 Å². The molecule has 1 heterocycles. The van der Waals surface area contributed by atoms with Crippen molar-refractivity contribution >= 4 is 28.9 Å². The minimum atomic E-state index is -0.0337. The average molecular weight is 374 g/mol. The number of morpholine rings is 1. The zero-order chi connectivity index (χ0) is 18.4. The van der Waals surface area contributed by atoms with Crippen LogP contribution in [0.25, 0.3) is 0 Å². The molecule has 5 nitrogen and oxygen atoms in total. The van der Waals surface area contributed by atoms with Crippen LogP contribution in [0.15, 0.2) is 48.5 Å². The van der Waals surface area contributed by atoms with Gasteiger partial charge in [-0.25, -0.2) is 0 Å². The third-order valence-corrected chi connectivity index (χ3v) is 4.52. The van der Waals surface area contributed by atoms with Gasteiger partial charge in [-0.1, -0.05) is 23.7 Å². The number of halogens is 1. The number of ether oxygens (including phenoxy) is 1. The summed E-state index contributed by atoms with van der Waals surface area (Å²) in [5, 5.41) is 3.66. The standard InChI is InChI=1S/C20H24ClN3O2/c1-23(14-16-3-2-4-17(21)13-16)15-20(25)22-18-5-7-19(8-6-18)24-9-11-26-12-10-24/h2-8,13H,9-12,14-15H2,1H3,(H,22,25). The first-order chi connectivity index (χ1) is 12.6. The molecule has 1 N–H and O–H groups in total. The van der Waals surface area contributed by atoms with Gasteiger partial charge in [0.2, 0.25) is 5.91 Å². The molecule has 1 saturated heterocycles. The number of anilines is 2. The van der Waals surface area contributed by atoms with E-state index in [-0.39, 0.29) is 5.91 Å². The van der Waals surface area contributed by atoms with Crippen LogP contribution in [-0.4, -0.2) is 50.7 Å². The van der Waals surface area contributed by atoms with Crippen molar-refractivity contribution in [3.05, 3.63) is 59.1 Å². The lowest BCUT2D eigenvalue weighted by Crippen LogP contribution is -2.36. The molecule has 0 saturated carbocycles. The minimum absolute atomic E-state index is 0.0337. The summed E-state index contributed by atoms with van der Waals surface area (Å²) in [5.41, 5.74) is 3.05. The van der Waals surface area contributed by atoms with Gasteiger partial charge in [-0.2, -0.15) is 0 Å². The molecule has 0 radical (unpaired) electrons. The van der Waals surface area contributed by atoms with Crippen molar-refractivity contribution in [1.82, 2.24) is 4.90 Å². The molecule has 26 heavy (non-hydrogen) atoms. The molecule has 0 atom stereocenters. The number of likely N-dealkylation sites (N-methyl/N-ethyl adjacent to an activating group) is 1. The van der Waals surface area contributed by atoms with Crippen LogP contribution in [0.2, 0.25) is 5.02 Å². The Bertz CT molecular complexity index is 730. The van der Waals surface area contributed by atoms with E-state index in [1.807, 2.05) is 60.5 Å². The highest BCUT2D eigenvalue weighted by Gasteiger charge is 2.12. The second-order valence-corrected chi connectivity index (χ2v) is 6.93. The number of carbonyl (C=O) groups is 1. The van der Waals surface area contributed by atoms with Gasteiger partial charge in [0.15, 0.2) is 0 Å². The highest BCUT2D eigenvalue weighted by Crippen LogP contribution is 2.19. The summed E-state index contributed by atoms with van der Waals surface area (Å²) in [5.74, 6) is -0.0337. The van der Waals surface area contributed by atoms with Gasteiger partial charge in [0, 0.05) is 36.0 Å². The molecule has 3 rings (SSSR count). The zero-order valence-corrected chi connectivity index (χ0v) is 15.7. The molecular formula is C20H24ClN3O2. The lowest BCUT2D eigenvalue weighted by molar-refractivity contribution is -0.117. The van der Waals surface area contributed by atoms with Crippen LogP contribution in [0.4, 0.5) is 11.4 Å². The second kappa shape index (κ2) is 9.03. The van der Waals surface area contributed by atoms with Crippen LogP contribution >= 0.6 is 11.6 Å². The summed E-state index contributed by atoms with van der Waals surface area (Å²) in [6.45, 7) is 4.32. The second-order valence-electron chi connectivity index (χ2n) is 6.50.